The third-order valence-corrected chi connectivity index (χ3v) is 3.50. The Morgan fingerprint density at radius 2 is 1.55 bits per heavy atom. The van der Waals surface area contributed by atoms with E-state index >= 15 is 0 Å². The van der Waals surface area contributed by atoms with Crippen LogP contribution in [0.1, 0.15) is 17.7 Å². The summed E-state index contributed by atoms with van der Waals surface area (Å²) >= 11 is 0. The minimum atomic E-state index is -0.118. The van der Waals surface area contributed by atoms with Gasteiger partial charge in [-0.1, -0.05) is 48.5 Å². The molecule has 1 heterocycles. The molecule has 0 fully saturated rings. The molecule has 3 nitrogen and oxygen atoms in total. The van der Waals surface area contributed by atoms with Crippen LogP contribution in [0.3, 0.4) is 0 Å². The number of H-pyrrole nitrogens is 1. The van der Waals surface area contributed by atoms with Gasteiger partial charge in [0.25, 0.3) is 5.56 Å². The Labute approximate surface area is 117 Å². The molecule has 0 saturated heterocycles. The van der Waals surface area contributed by atoms with E-state index in [1.54, 1.807) is 0 Å². The van der Waals surface area contributed by atoms with Crippen LogP contribution in [0.4, 0.5) is 0 Å². The molecule has 20 heavy (non-hydrogen) atoms. The van der Waals surface area contributed by atoms with Crippen LogP contribution in [-0.2, 0) is 12.8 Å². The van der Waals surface area contributed by atoms with Gasteiger partial charge in [0.05, 0.1) is 11.1 Å². The van der Waals surface area contributed by atoms with Crippen LogP contribution in [-0.4, -0.2) is 10.2 Å². The quantitative estimate of drug-likeness (QED) is 0.787. The average Bonchev–Trinajstić information content (AvgIpc) is 2.51. The lowest BCUT2D eigenvalue weighted by Gasteiger charge is -2.05. The number of nitrogens with zero attached hydrogens (tertiary/aromatic N) is 1. The van der Waals surface area contributed by atoms with Crippen molar-refractivity contribution < 1.29 is 0 Å². The van der Waals surface area contributed by atoms with Crippen LogP contribution >= 0.6 is 0 Å². The monoisotopic (exact) mass is 264 g/mol. The summed E-state index contributed by atoms with van der Waals surface area (Å²) in [5.74, 6) is 0. The summed E-state index contributed by atoms with van der Waals surface area (Å²) in [4.78, 5) is 11.7. The summed E-state index contributed by atoms with van der Waals surface area (Å²) in [7, 11) is 0. The number of nitrogens with one attached hydrogen (secondary N) is 1. The molecule has 0 aliphatic carbocycles. The summed E-state index contributed by atoms with van der Waals surface area (Å²) in [5.41, 5.74) is 2.18. The van der Waals surface area contributed by atoms with E-state index in [1.807, 2.05) is 30.3 Å². The molecule has 3 heteroatoms. The fraction of sp³-hybridized carbons (Fsp3) is 0.176. The third-order valence-electron chi connectivity index (χ3n) is 3.50. The number of aromatic nitrogens is 2. The second-order valence-corrected chi connectivity index (χ2v) is 4.88. The van der Waals surface area contributed by atoms with Crippen molar-refractivity contribution in [3.05, 3.63) is 76.2 Å². The maximum absolute atomic E-state index is 11.7. The summed E-state index contributed by atoms with van der Waals surface area (Å²) in [6, 6.07) is 18.1. The SMILES string of the molecule is O=c1[nH]nc(CCCc2ccccc2)c2ccccc12. The van der Waals surface area contributed by atoms with E-state index in [0.29, 0.717) is 0 Å². The van der Waals surface area contributed by atoms with Gasteiger partial charge in [-0.15, -0.1) is 0 Å². The first-order valence-electron chi connectivity index (χ1n) is 6.85. The molecule has 1 aromatic heterocycles. The number of benzene rings is 2. The number of aryl methyl sites for hydroxylation is 2. The molecule has 3 aromatic rings. The molecule has 3 rings (SSSR count). The van der Waals surface area contributed by atoms with Gasteiger partial charge >= 0.3 is 0 Å². The van der Waals surface area contributed by atoms with Gasteiger partial charge in [-0.05, 0) is 30.9 Å². The zero-order valence-corrected chi connectivity index (χ0v) is 11.2. The topological polar surface area (TPSA) is 45.8 Å². The summed E-state index contributed by atoms with van der Waals surface area (Å²) in [5, 5.41) is 8.47. The van der Waals surface area contributed by atoms with E-state index in [-0.39, 0.29) is 5.56 Å². The van der Waals surface area contributed by atoms with Crippen molar-refractivity contribution in [1.82, 2.24) is 10.2 Å². The Kier molecular flexibility index (Phi) is 3.59. The molecule has 0 amide bonds. The van der Waals surface area contributed by atoms with E-state index < -0.39 is 0 Å². The van der Waals surface area contributed by atoms with E-state index in [4.69, 9.17) is 0 Å². The number of aromatic amines is 1. The second kappa shape index (κ2) is 5.70. The lowest BCUT2D eigenvalue weighted by atomic mass is 10.0. The molecule has 0 spiro atoms. The van der Waals surface area contributed by atoms with Gasteiger partial charge in [-0.25, -0.2) is 5.10 Å². The van der Waals surface area contributed by atoms with Crippen molar-refractivity contribution >= 4 is 10.8 Å². The van der Waals surface area contributed by atoms with Gasteiger partial charge in [-0.3, -0.25) is 4.79 Å². The maximum atomic E-state index is 11.7. The van der Waals surface area contributed by atoms with Gasteiger partial charge < -0.3 is 0 Å². The highest BCUT2D eigenvalue weighted by Crippen LogP contribution is 2.15. The molecular formula is C17H16N2O. The second-order valence-electron chi connectivity index (χ2n) is 4.88. The summed E-state index contributed by atoms with van der Waals surface area (Å²) in [6.45, 7) is 0. The van der Waals surface area contributed by atoms with Crippen molar-refractivity contribution in [2.45, 2.75) is 19.3 Å². The smallest absolute Gasteiger partial charge is 0.267 e. The molecular weight excluding hydrogens is 248 g/mol. The van der Waals surface area contributed by atoms with Crippen molar-refractivity contribution in [2.75, 3.05) is 0 Å². The highest BCUT2D eigenvalue weighted by atomic mass is 16.1. The molecule has 100 valence electrons. The predicted octanol–water partition coefficient (Wildman–Crippen LogP) is 3.10. The standard InChI is InChI=1S/C17H16N2O/c20-17-15-11-5-4-10-14(15)16(18-19-17)12-6-9-13-7-2-1-3-8-13/h1-5,7-8,10-11H,6,9,12H2,(H,19,20). The van der Waals surface area contributed by atoms with Crippen LogP contribution in [0.2, 0.25) is 0 Å². The Hall–Kier alpha value is -2.42. The van der Waals surface area contributed by atoms with Crippen molar-refractivity contribution in [2.24, 2.45) is 0 Å². The molecule has 0 unspecified atom stereocenters. The minimum Gasteiger partial charge on any atom is -0.267 e. The third kappa shape index (κ3) is 2.62. The van der Waals surface area contributed by atoms with E-state index in [9.17, 15) is 4.79 Å². The predicted molar refractivity (Wildman–Crippen MR) is 80.8 cm³/mol. The molecule has 0 radical (unpaired) electrons. The van der Waals surface area contributed by atoms with E-state index in [0.717, 1.165) is 35.7 Å². The zero-order valence-electron chi connectivity index (χ0n) is 11.2. The molecule has 0 bridgehead atoms. The highest BCUT2D eigenvalue weighted by Gasteiger charge is 2.05. The number of rotatable bonds is 4. The molecule has 2 aromatic carbocycles. The van der Waals surface area contributed by atoms with Gasteiger partial charge in [0.2, 0.25) is 0 Å². The lowest BCUT2D eigenvalue weighted by molar-refractivity contribution is 0.783. The van der Waals surface area contributed by atoms with E-state index in [1.165, 1.54) is 5.56 Å². The van der Waals surface area contributed by atoms with Gasteiger partial charge in [0, 0.05) is 5.39 Å². The normalized spacial score (nSPS) is 10.8. The zero-order chi connectivity index (χ0) is 13.8. The molecule has 1 N–H and O–H groups in total. The number of fused-ring (bicyclic) bond motifs is 1. The van der Waals surface area contributed by atoms with Gasteiger partial charge in [0.1, 0.15) is 0 Å². The van der Waals surface area contributed by atoms with Crippen molar-refractivity contribution in [3.8, 4) is 0 Å². The Bertz CT molecular complexity index is 763. The number of hydrogen-bond acceptors (Lipinski definition) is 2. The first-order valence-corrected chi connectivity index (χ1v) is 6.85. The minimum absolute atomic E-state index is 0.118. The summed E-state index contributed by atoms with van der Waals surface area (Å²) in [6.07, 6.45) is 2.91. The molecule has 0 aliphatic heterocycles. The summed E-state index contributed by atoms with van der Waals surface area (Å²) < 4.78 is 0. The van der Waals surface area contributed by atoms with Gasteiger partial charge in [0.15, 0.2) is 0 Å². The van der Waals surface area contributed by atoms with Crippen LogP contribution in [0.15, 0.2) is 59.4 Å². The van der Waals surface area contributed by atoms with Crippen LogP contribution in [0.5, 0.6) is 0 Å². The van der Waals surface area contributed by atoms with Crippen LogP contribution in [0, 0.1) is 0 Å². The van der Waals surface area contributed by atoms with Crippen molar-refractivity contribution in [1.29, 1.82) is 0 Å². The fourth-order valence-electron chi connectivity index (χ4n) is 2.47. The molecule has 0 atom stereocenters. The molecule has 0 aliphatic rings. The average molecular weight is 264 g/mol. The number of hydrogen-bond donors (Lipinski definition) is 1. The van der Waals surface area contributed by atoms with Crippen molar-refractivity contribution in [3.63, 3.8) is 0 Å². The first kappa shape index (κ1) is 12.6. The van der Waals surface area contributed by atoms with Crippen LogP contribution in [0.25, 0.3) is 10.8 Å². The Morgan fingerprint density at radius 3 is 2.35 bits per heavy atom. The molecule has 0 saturated carbocycles. The first-order chi connectivity index (χ1) is 9.84. The van der Waals surface area contributed by atoms with E-state index in [2.05, 4.69) is 34.5 Å². The van der Waals surface area contributed by atoms with Gasteiger partial charge in [-0.2, -0.15) is 5.10 Å². The van der Waals surface area contributed by atoms with Crippen LogP contribution < -0.4 is 5.56 Å². The fourth-order valence-corrected chi connectivity index (χ4v) is 2.47. The Balaban J connectivity index is 1.78. The highest BCUT2D eigenvalue weighted by molar-refractivity contribution is 5.83. The lowest BCUT2D eigenvalue weighted by Crippen LogP contribution is -2.11. The largest absolute Gasteiger partial charge is 0.272 e. The maximum Gasteiger partial charge on any atom is 0.272 e. The Morgan fingerprint density at radius 1 is 0.850 bits per heavy atom.